The van der Waals surface area contributed by atoms with Crippen LogP contribution in [-0.4, -0.2) is 38.7 Å². The summed E-state index contributed by atoms with van der Waals surface area (Å²) in [6.45, 7) is 2.15. The van der Waals surface area contributed by atoms with Crippen LogP contribution < -0.4 is 10.5 Å². The van der Waals surface area contributed by atoms with E-state index < -0.39 is 0 Å². The SMILES string of the molecule is CN(C)CCC1(CN)CCCOc2ccc(F)cc21. The molecule has 1 unspecified atom stereocenters. The van der Waals surface area contributed by atoms with Crippen molar-refractivity contribution in [1.29, 1.82) is 0 Å². The van der Waals surface area contributed by atoms with E-state index in [4.69, 9.17) is 10.5 Å². The molecule has 1 aliphatic rings. The summed E-state index contributed by atoms with van der Waals surface area (Å²) in [5.74, 6) is 0.579. The van der Waals surface area contributed by atoms with Gasteiger partial charge in [0.25, 0.3) is 0 Å². The van der Waals surface area contributed by atoms with Crippen LogP contribution in [0, 0.1) is 5.82 Å². The molecule has 4 heteroatoms. The third kappa shape index (κ3) is 3.07. The highest BCUT2D eigenvalue weighted by Gasteiger charge is 2.35. The minimum atomic E-state index is -0.216. The van der Waals surface area contributed by atoms with Crippen molar-refractivity contribution < 1.29 is 9.13 Å². The monoisotopic (exact) mass is 266 g/mol. The Hall–Kier alpha value is -1.13. The molecule has 106 valence electrons. The Morgan fingerprint density at radius 1 is 1.42 bits per heavy atom. The van der Waals surface area contributed by atoms with Crippen molar-refractivity contribution >= 4 is 0 Å². The average molecular weight is 266 g/mol. The lowest BCUT2D eigenvalue weighted by Gasteiger charge is -2.33. The van der Waals surface area contributed by atoms with E-state index in [1.165, 1.54) is 6.07 Å². The number of halogens is 1. The Morgan fingerprint density at radius 3 is 2.89 bits per heavy atom. The van der Waals surface area contributed by atoms with Crippen molar-refractivity contribution in [1.82, 2.24) is 4.90 Å². The van der Waals surface area contributed by atoms with Gasteiger partial charge in [-0.1, -0.05) is 0 Å². The van der Waals surface area contributed by atoms with E-state index in [1.54, 1.807) is 12.1 Å². The number of hydrogen-bond donors (Lipinski definition) is 1. The summed E-state index contributed by atoms with van der Waals surface area (Å²) in [5.41, 5.74) is 6.83. The summed E-state index contributed by atoms with van der Waals surface area (Å²) >= 11 is 0. The minimum Gasteiger partial charge on any atom is -0.493 e. The van der Waals surface area contributed by atoms with Crippen molar-refractivity contribution in [3.8, 4) is 5.75 Å². The van der Waals surface area contributed by atoms with Gasteiger partial charge in [0.05, 0.1) is 6.61 Å². The fourth-order valence-electron chi connectivity index (χ4n) is 2.78. The highest BCUT2D eigenvalue weighted by Crippen LogP contribution is 2.40. The number of fused-ring (bicyclic) bond motifs is 1. The molecule has 2 rings (SSSR count). The fourth-order valence-corrected chi connectivity index (χ4v) is 2.78. The number of hydrogen-bond acceptors (Lipinski definition) is 3. The molecule has 0 saturated heterocycles. The summed E-state index contributed by atoms with van der Waals surface area (Å²) < 4.78 is 19.3. The second-order valence-corrected chi connectivity index (χ2v) is 5.63. The van der Waals surface area contributed by atoms with Gasteiger partial charge in [0.2, 0.25) is 0 Å². The zero-order chi connectivity index (χ0) is 13.9. The molecule has 0 spiro atoms. The van der Waals surface area contributed by atoms with Crippen LogP contribution in [0.3, 0.4) is 0 Å². The van der Waals surface area contributed by atoms with Gasteiger partial charge in [-0.05, 0) is 58.1 Å². The lowest BCUT2D eigenvalue weighted by Crippen LogP contribution is -2.38. The van der Waals surface area contributed by atoms with Gasteiger partial charge in [-0.25, -0.2) is 4.39 Å². The first-order valence-corrected chi connectivity index (χ1v) is 6.85. The minimum absolute atomic E-state index is 0.168. The summed E-state index contributed by atoms with van der Waals surface area (Å²) in [6, 6.07) is 4.79. The molecule has 0 aromatic heterocycles. The van der Waals surface area contributed by atoms with E-state index in [-0.39, 0.29) is 11.2 Å². The standard InChI is InChI=1S/C15H23FN2O/c1-18(2)8-7-15(11-17)6-3-9-19-14-5-4-12(16)10-13(14)15/h4-5,10H,3,6-9,11,17H2,1-2H3. The van der Waals surface area contributed by atoms with Crippen molar-refractivity contribution in [3.05, 3.63) is 29.6 Å². The topological polar surface area (TPSA) is 38.5 Å². The first-order chi connectivity index (χ1) is 9.07. The third-order valence-corrected chi connectivity index (χ3v) is 4.00. The Balaban J connectivity index is 2.39. The summed E-state index contributed by atoms with van der Waals surface area (Å²) in [7, 11) is 4.09. The molecule has 1 aliphatic heterocycles. The second-order valence-electron chi connectivity index (χ2n) is 5.63. The summed E-state index contributed by atoms with van der Waals surface area (Å²) in [5, 5.41) is 0. The van der Waals surface area contributed by atoms with Crippen LogP contribution in [0.15, 0.2) is 18.2 Å². The molecule has 1 atom stereocenters. The van der Waals surface area contributed by atoms with Gasteiger partial charge in [-0.15, -0.1) is 0 Å². The highest BCUT2D eigenvalue weighted by molar-refractivity contribution is 5.41. The third-order valence-electron chi connectivity index (χ3n) is 4.00. The first kappa shape index (κ1) is 14.3. The predicted octanol–water partition coefficient (Wildman–Crippen LogP) is 2.15. The molecule has 19 heavy (non-hydrogen) atoms. The number of rotatable bonds is 4. The van der Waals surface area contributed by atoms with E-state index in [0.29, 0.717) is 13.2 Å². The second kappa shape index (κ2) is 5.88. The Kier molecular flexibility index (Phi) is 4.42. The van der Waals surface area contributed by atoms with Gasteiger partial charge in [-0.3, -0.25) is 0 Å². The highest BCUT2D eigenvalue weighted by atomic mass is 19.1. The predicted molar refractivity (Wildman–Crippen MR) is 75.0 cm³/mol. The lowest BCUT2D eigenvalue weighted by molar-refractivity contribution is 0.290. The Morgan fingerprint density at radius 2 is 2.21 bits per heavy atom. The van der Waals surface area contributed by atoms with Gasteiger partial charge < -0.3 is 15.4 Å². The average Bonchev–Trinajstić information content (AvgIpc) is 2.56. The van der Waals surface area contributed by atoms with Crippen molar-refractivity contribution in [3.63, 3.8) is 0 Å². The number of ether oxygens (including phenoxy) is 1. The molecule has 1 aromatic rings. The normalized spacial score (nSPS) is 22.8. The van der Waals surface area contributed by atoms with E-state index in [0.717, 1.165) is 37.1 Å². The number of benzene rings is 1. The molecule has 0 fully saturated rings. The van der Waals surface area contributed by atoms with Crippen molar-refractivity contribution in [2.45, 2.75) is 24.7 Å². The van der Waals surface area contributed by atoms with E-state index in [9.17, 15) is 4.39 Å². The van der Waals surface area contributed by atoms with E-state index in [2.05, 4.69) is 4.90 Å². The molecule has 1 aromatic carbocycles. The molecule has 2 N–H and O–H groups in total. The van der Waals surface area contributed by atoms with E-state index >= 15 is 0 Å². The maximum Gasteiger partial charge on any atom is 0.123 e. The maximum absolute atomic E-state index is 13.6. The van der Waals surface area contributed by atoms with Crippen molar-refractivity contribution in [2.24, 2.45) is 5.73 Å². The molecule has 1 heterocycles. The van der Waals surface area contributed by atoms with Crippen LogP contribution in [-0.2, 0) is 5.41 Å². The summed E-state index contributed by atoms with van der Waals surface area (Å²) in [6.07, 6.45) is 2.84. The molecule has 0 aliphatic carbocycles. The van der Waals surface area contributed by atoms with Gasteiger partial charge in [0.1, 0.15) is 11.6 Å². The van der Waals surface area contributed by atoms with Crippen LogP contribution in [0.5, 0.6) is 5.75 Å². The zero-order valence-electron chi connectivity index (χ0n) is 11.8. The number of nitrogens with zero attached hydrogens (tertiary/aromatic N) is 1. The van der Waals surface area contributed by atoms with Gasteiger partial charge >= 0.3 is 0 Å². The lowest BCUT2D eigenvalue weighted by atomic mass is 9.74. The van der Waals surface area contributed by atoms with Gasteiger partial charge in [-0.2, -0.15) is 0 Å². The van der Waals surface area contributed by atoms with E-state index in [1.807, 2.05) is 14.1 Å². The molecule has 0 saturated carbocycles. The molecular formula is C15H23FN2O. The first-order valence-electron chi connectivity index (χ1n) is 6.85. The quantitative estimate of drug-likeness (QED) is 0.907. The molecule has 0 amide bonds. The smallest absolute Gasteiger partial charge is 0.123 e. The molecule has 3 nitrogen and oxygen atoms in total. The van der Waals surface area contributed by atoms with Crippen LogP contribution in [0.1, 0.15) is 24.8 Å². The Bertz CT molecular complexity index is 436. The number of nitrogens with two attached hydrogens (primary N) is 1. The maximum atomic E-state index is 13.6. The van der Waals surface area contributed by atoms with Crippen LogP contribution in [0.25, 0.3) is 0 Å². The molecule has 0 radical (unpaired) electrons. The van der Waals surface area contributed by atoms with Gasteiger partial charge in [0.15, 0.2) is 0 Å². The van der Waals surface area contributed by atoms with Crippen LogP contribution >= 0.6 is 0 Å². The molecular weight excluding hydrogens is 243 g/mol. The van der Waals surface area contributed by atoms with Crippen molar-refractivity contribution in [2.75, 3.05) is 33.8 Å². The van der Waals surface area contributed by atoms with Gasteiger partial charge in [0, 0.05) is 17.5 Å². The molecule has 0 bridgehead atoms. The summed E-state index contributed by atoms with van der Waals surface area (Å²) in [4.78, 5) is 2.14. The zero-order valence-corrected chi connectivity index (χ0v) is 11.8. The van der Waals surface area contributed by atoms with Crippen LogP contribution in [0.2, 0.25) is 0 Å². The fraction of sp³-hybridized carbons (Fsp3) is 0.600. The largest absolute Gasteiger partial charge is 0.493 e. The van der Waals surface area contributed by atoms with Crippen LogP contribution in [0.4, 0.5) is 4.39 Å². The Labute approximate surface area is 114 Å².